The maximum absolute atomic E-state index is 13.5. The number of H-pyrrole nitrogens is 1. The van der Waals surface area contributed by atoms with Crippen LogP contribution in [0.4, 0.5) is 5.82 Å². The standard InChI is InChI=1S/C24H22BrN5O3/c1-12-5-19-18(9-17(12)24(32)29-4-3-13-6-15(25)10-26-21(13)29)28-23(31)20-11-27-22(30(19)20)14-7-16(8-14)33-2/h5-6,9-11,14,16H,3-4,7-8H2,1-2H3,(H,28,31). The highest BCUT2D eigenvalue weighted by molar-refractivity contribution is 9.10. The Balaban J connectivity index is 1.46. The summed E-state index contributed by atoms with van der Waals surface area (Å²) in [5.74, 6) is 1.70. The number of aromatic amines is 1. The van der Waals surface area contributed by atoms with Crippen LogP contribution in [0.5, 0.6) is 0 Å². The molecule has 4 heterocycles. The van der Waals surface area contributed by atoms with E-state index in [9.17, 15) is 9.59 Å². The summed E-state index contributed by atoms with van der Waals surface area (Å²) in [7, 11) is 1.72. The molecule has 8 nitrogen and oxygen atoms in total. The Morgan fingerprint density at radius 1 is 1.18 bits per heavy atom. The molecule has 0 radical (unpaired) electrons. The average Bonchev–Trinajstić information content (AvgIpc) is 3.38. The lowest BCUT2D eigenvalue weighted by molar-refractivity contribution is 0.0236. The number of carbonyl (C=O) groups excluding carboxylic acids is 1. The normalized spacial score (nSPS) is 19.8. The highest BCUT2D eigenvalue weighted by Gasteiger charge is 2.34. The summed E-state index contributed by atoms with van der Waals surface area (Å²) in [5.41, 5.74) is 4.20. The number of methoxy groups -OCH3 is 1. The average molecular weight is 508 g/mol. The molecule has 1 aliphatic carbocycles. The van der Waals surface area contributed by atoms with Crippen molar-refractivity contribution < 1.29 is 9.53 Å². The fraction of sp³-hybridized carbons (Fsp3) is 0.333. The monoisotopic (exact) mass is 507 g/mol. The van der Waals surface area contributed by atoms with E-state index in [1.54, 1.807) is 30.5 Å². The van der Waals surface area contributed by atoms with Gasteiger partial charge in [-0.3, -0.25) is 18.9 Å². The van der Waals surface area contributed by atoms with Gasteiger partial charge in [0.05, 0.1) is 23.3 Å². The first-order chi connectivity index (χ1) is 15.9. The van der Waals surface area contributed by atoms with Crippen LogP contribution < -0.4 is 10.5 Å². The molecule has 0 spiro atoms. The molecule has 1 amide bonds. The van der Waals surface area contributed by atoms with Crippen molar-refractivity contribution in [1.29, 1.82) is 0 Å². The van der Waals surface area contributed by atoms with Crippen LogP contribution in [0.1, 0.15) is 46.1 Å². The lowest BCUT2D eigenvalue weighted by atomic mass is 9.81. The first-order valence-electron chi connectivity index (χ1n) is 11.0. The van der Waals surface area contributed by atoms with Crippen molar-refractivity contribution in [3.8, 4) is 0 Å². The largest absolute Gasteiger partial charge is 0.381 e. The SMILES string of the molecule is COC1CC(c2ncc3c(=O)[nH]c4cc(C(=O)N5CCc6cc(Br)cnc65)c(C)cc4n23)C1. The van der Waals surface area contributed by atoms with Crippen LogP contribution >= 0.6 is 15.9 Å². The number of rotatable bonds is 3. The topological polar surface area (TPSA) is 92.6 Å². The number of benzene rings is 1. The highest BCUT2D eigenvalue weighted by atomic mass is 79.9. The second kappa shape index (κ2) is 7.50. The number of amides is 1. The highest BCUT2D eigenvalue weighted by Crippen LogP contribution is 2.38. The number of hydrogen-bond acceptors (Lipinski definition) is 5. The summed E-state index contributed by atoms with van der Waals surface area (Å²) in [6.45, 7) is 2.51. The minimum absolute atomic E-state index is 0.114. The summed E-state index contributed by atoms with van der Waals surface area (Å²) in [4.78, 5) is 40.0. The molecule has 6 rings (SSSR count). The van der Waals surface area contributed by atoms with Crippen LogP contribution in [-0.4, -0.2) is 45.0 Å². The van der Waals surface area contributed by atoms with Gasteiger partial charge < -0.3 is 9.72 Å². The molecular weight excluding hydrogens is 486 g/mol. The summed E-state index contributed by atoms with van der Waals surface area (Å²) < 4.78 is 8.27. The number of aryl methyl sites for hydroxylation is 1. The van der Waals surface area contributed by atoms with Gasteiger partial charge in [0.15, 0.2) is 0 Å². The predicted octanol–water partition coefficient (Wildman–Crippen LogP) is 3.74. The van der Waals surface area contributed by atoms with E-state index in [1.165, 1.54) is 0 Å². The van der Waals surface area contributed by atoms with Crippen molar-refractivity contribution in [2.75, 3.05) is 18.6 Å². The molecular formula is C24H22BrN5O3. The molecule has 2 aliphatic rings. The first-order valence-corrected chi connectivity index (χ1v) is 11.8. The van der Waals surface area contributed by atoms with Gasteiger partial charge in [-0.2, -0.15) is 0 Å². The quantitative estimate of drug-likeness (QED) is 0.455. The zero-order valence-electron chi connectivity index (χ0n) is 18.3. The van der Waals surface area contributed by atoms with Crippen molar-refractivity contribution in [1.82, 2.24) is 19.4 Å². The Hall–Kier alpha value is -3.04. The third-order valence-electron chi connectivity index (χ3n) is 6.89. The van der Waals surface area contributed by atoms with Gasteiger partial charge in [0.1, 0.15) is 17.2 Å². The van der Waals surface area contributed by atoms with E-state index in [-0.39, 0.29) is 23.5 Å². The minimum atomic E-state index is -0.218. The van der Waals surface area contributed by atoms with Crippen LogP contribution in [0.2, 0.25) is 0 Å². The Bertz CT molecular complexity index is 1500. The molecule has 1 saturated carbocycles. The molecule has 168 valence electrons. The number of pyridine rings is 1. The lowest BCUT2D eigenvalue weighted by Crippen LogP contribution is -2.30. The summed E-state index contributed by atoms with van der Waals surface area (Å²) in [6, 6.07) is 5.76. The predicted molar refractivity (Wildman–Crippen MR) is 128 cm³/mol. The number of nitrogens with zero attached hydrogens (tertiary/aromatic N) is 4. The molecule has 4 aromatic rings. The molecule has 3 aromatic heterocycles. The third kappa shape index (κ3) is 3.13. The fourth-order valence-corrected chi connectivity index (χ4v) is 5.39. The van der Waals surface area contributed by atoms with Gasteiger partial charge in [-0.25, -0.2) is 9.97 Å². The third-order valence-corrected chi connectivity index (χ3v) is 7.33. The van der Waals surface area contributed by atoms with Gasteiger partial charge in [0, 0.05) is 35.8 Å². The Kier molecular flexibility index (Phi) is 4.67. The number of imidazole rings is 1. The van der Waals surface area contributed by atoms with Gasteiger partial charge in [-0.05, 0) is 71.4 Å². The van der Waals surface area contributed by atoms with Crippen molar-refractivity contribution in [2.45, 2.75) is 38.2 Å². The van der Waals surface area contributed by atoms with Crippen molar-refractivity contribution in [3.63, 3.8) is 0 Å². The zero-order valence-corrected chi connectivity index (χ0v) is 19.8. The minimum Gasteiger partial charge on any atom is -0.381 e. The molecule has 1 N–H and O–H groups in total. The maximum atomic E-state index is 13.5. The Morgan fingerprint density at radius 2 is 2.00 bits per heavy atom. The van der Waals surface area contributed by atoms with E-state index in [4.69, 9.17) is 4.74 Å². The van der Waals surface area contributed by atoms with E-state index in [0.29, 0.717) is 29.0 Å². The summed E-state index contributed by atoms with van der Waals surface area (Å²) in [5, 5.41) is 0. The van der Waals surface area contributed by atoms with Crippen molar-refractivity contribution in [3.05, 3.63) is 67.9 Å². The smallest absolute Gasteiger partial charge is 0.274 e. The van der Waals surface area contributed by atoms with Gasteiger partial charge in [0.2, 0.25) is 0 Å². The maximum Gasteiger partial charge on any atom is 0.274 e. The molecule has 1 fully saturated rings. The van der Waals surface area contributed by atoms with E-state index in [0.717, 1.165) is 46.2 Å². The Labute approximate surface area is 197 Å². The van der Waals surface area contributed by atoms with Crippen molar-refractivity contribution >= 4 is 44.2 Å². The van der Waals surface area contributed by atoms with Crippen LogP contribution in [0.3, 0.4) is 0 Å². The number of hydrogen-bond donors (Lipinski definition) is 1. The number of halogens is 1. The number of fused-ring (bicyclic) bond motifs is 4. The number of nitrogens with one attached hydrogen (secondary N) is 1. The molecule has 1 aliphatic heterocycles. The molecule has 33 heavy (non-hydrogen) atoms. The molecule has 0 unspecified atom stereocenters. The number of aromatic nitrogens is 4. The number of anilines is 1. The fourth-order valence-electron chi connectivity index (χ4n) is 5.01. The molecule has 0 saturated heterocycles. The van der Waals surface area contributed by atoms with Crippen LogP contribution in [0.15, 0.2) is 39.9 Å². The summed E-state index contributed by atoms with van der Waals surface area (Å²) >= 11 is 3.45. The number of carbonyl (C=O) groups is 1. The van der Waals surface area contributed by atoms with E-state index < -0.39 is 0 Å². The summed E-state index contributed by atoms with van der Waals surface area (Å²) in [6.07, 6.45) is 6.11. The first kappa shape index (κ1) is 20.6. The molecule has 0 atom stereocenters. The molecule has 1 aromatic carbocycles. The van der Waals surface area contributed by atoms with Crippen LogP contribution in [0.25, 0.3) is 16.6 Å². The van der Waals surface area contributed by atoms with Crippen LogP contribution in [-0.2, 0) is 11.2 Å². The van der Waals surface area contributed by atoms with Crippen molar-refractivity contribution in [2.24, 2.45) is 0 Å². The zero-order chi connectivity index (χ0) is 22.9. The van der Waals surface area contributed by atoms with E-state index in [2.05, 4.69) is 30.9 Å². The Morgan fingerprint density at radius 3 is 2.79 bits per heavy atom. The van der Waals surface area contributed by atoms with Crippen LogP contribution in [0, 0.1) is 6.92 Å². The number of ether oxygens (including phenoxy) is 1. The van der Waals surface area contributed by atoms with E-state index in [1.807, 2.05) is 23.5 Å². The second-order valence-electron chi connectivity index (χ2n) is 8.84. The molecule has 9 heteroatoms. The second-order valence-corrected chi connectivity index (χ2v) is 9.76. The lowest BCUT2D eigenvalue weighted by Gasteiger charge is -2.33. The van der Waals surface area contributed by atoms with Gasteiger partial charge in [-0.15, -0.1) is 0 Å². The van der Waals surface area contributed by atoms with Gasteiger partial charge >= 0.3 is 0 Å². The van der Waals surface area contributed by atoms with Gasteiger partial charge in [-0.1, -0.05) is 0 Å². The van der Waals surface area contributed by atoms with E-state index >= 15 is 0 Å². The van der Waals surface area contributed by atoms with Gasteiger partial charge in [0.25, 0.3) is 11.5 Å². The molecule has 0 bridgehead atoms.